The summed E-state index contributed by atoms with van der Waals surface area (Å²) < 4.78 is 0. The highest BCUT2D eigenvalue weighted by molar-refractivity contribution is 5.67. The molecular formula is C11H13N3O2. The van der Waals surface area contributed by atoms with E-state index >= 15 is 0 Å². The molecule has 2 aliphatic rings. The van der Waals surface area contributed by atoms with Crippen molar-refractivity contribution in [2.24, 2.45) is 5.92 Å². The quantitative estimate of drug-likeness (QED) is 0.761. The minimum Gasteiger partial charge on any atom is -0.465 e. The third-order valence-electron chi connectivity index (χ3n) is 3.49. The van der Waals surface area contributed by atoms with E-state index in [0.29, 0.717) is 12.5 Å². The van der Waals surface area contributed by atoms with E-state index in [1.807, 2.05) is 18.3 Å². The minimum atomic E-state index is -0.797. The summed E-state index contributed by atoms with van der Waals surface area (Å²) in [5, 5.41) is 8.93. The van der Waals surface area contributed by atoms with Crippen molar-refractivity contribution < 1.29 is 9.90 Å². The summed E-state index contributed by atoms with van der Waals surface area (Å²) in [6.07, 6.45) is 2.78. The minimum absolute atomic E-state index is 0.178. The van der Waals surface area contributed by atoms with Crippen LogP contribution in [0.25, 0.3) is 0 Å². The van der Waals surface area contributed by atoms with Gasteiger partial charge in [-0.05, 0) is 12.1 Å². The molecule has 2 atom stereocenters. The maximum Gasteiger partial charge on any atom is 0.407 e. The molecule has 0 unspecified atom stereocenters. The van der Waals surface area contributed by atoms with Gasteiger partial charge in [0.05, 0.1) is 17.9 Å². The number of pyridine rings is 1. The number of carbonyl (C=O) groups is 1. The van der Waals surface area contributed by atoms with Gasteiger partial charge in [-0.2, -0.15) is 0 Å². The fraction of sp³-hybridized carbons (Fsp3) is 0.455. The van der Waals surface area contributed by atoms with Crippen molar-refractivity contribution in [2.45, 2.75) is 6.04 Å². The van der Waals surface area contributed by atoms with Crippen LogP contribution in [0.2, 0.25) is 0 Å². The van der Waals surface area contributed by atoms with Crippen molar-refractivity contribution in [2.75, 3.05) is 24.5 Å². The zero-order chi connectivity index (χ0) is 11.1. The lowest BCUT2D eigenvalue weighted by molar-refractivity contribution is 0.0507. The first-order chi connectivity index (χ1) is 7.75. The average Bonchev–Trinajstić information content (AvgIpc) is 2.58. The Kier molecular flexibility index (Phi) is 1.99. The Morgan fingerprint density at radius 1 is 1.44 bits per heavy atom. The Balaban J connectivity index is 1.73. The molecule has 1 N–H and O–H groups in total. The van der Waals surface area contributed by atoms with Crippen LogP contribution in [0, 0.1) is 5.92 Å². The summed E-state index contributed by atoms with van der Waals surface area (Å²) in [5.41, 5.74) is 1.09. The van der Waals surface area contributed by atoms with Crippen molar-refractivity contribution in [3.05, 3.63) is 24.5 Å². The number of amides is 1. The number of carboxylic acid groups (broad SMARTS) is 1. The molecule has 2 saturated heterocycles. The zero-order valence-corrected chi connectivity index (χ0v) is 8.78. The molecule has 0 aliphatic carbocycles. The molecule has 0 bridgehead atoms. The summed E-state index contributed by atoms with van der Waals surface area (Å²) in [5.74, 6) is 0.497. The van der Waals surface area contributed by atoms with E-state index in [0.717, 1.165) is 18.8 Å². The molecule has 0 aromatic carbocycles. The molecule has 1 amide bonds. The van der Waals surface area contributed by atoms with Crippen LogP contribution in [0.15, 0.2) is 24.5 Å². The van der Waals surface area contributed by atoms with Gasteiger partial charge in [0.1, 0.15) is 0 Å². The van der Waals surface area contributed by atoms with Crippen molar-refractivity contribution in [1.82, 2.24) is 9.88 Å². The van der Waals surface area contributed by atoms with Crippen LogP contribution < -0.4 is 4.90 Å². The maximum atomic E-state index is 10.9. The Morgan fingerprint density at radius 3 is 3.00 bits per heavy atom. The number of aromatic nitrogens is 1. The lowest BCUT2D eigenvalue weighted by Crippen LogP contribution is -2.57. The summed E-state index contributed by atoms with van der Waals surface area (Å²) in [6.45, 7) is 2.42. The highest BCUT2D eigenvalue weighted by atomic mass is 16.4. The average molecular weight is 219 g/mol. The monoisotopic (exact) mass is 219 g/mol. The number of rotatable bonds is 1. The van der Waals surface area contributed by atoms with E-state index in [1.165, 1.54) is 4.90 Å². The standard InChI is InChI=1S/C11H13N3O2/c15-11(16)14-6-8-5-13(7-10(8)14)9-2-1-3-12-4-9/h1-4,8,10H,5-7H2,(H,15,16)/t8-,10-/m1/s1. The molecule has 0 saturated carbocycles. The molecule has 3 rings (SSSR count). The third-order valence-corrected chi connectivity index (χ3v) is 3.49. The first-order valence-electron chi connectivity index (χ1n) is 5.40. The summed E-state index contributed by atoms with van der Waals surface area (Å²) in [4.78, 5) is 18.7. The highest BCUT2D eigenvalue weighted by Crippen LogP contribution is 2.34. The van der Waals surface area contributed by atoms with E-state index in [2.05, 4.69) is 9.88 Å². The number of likely N-dealkylation sites (tertiary alicyclic amines) is 1. The molecule has 2 aliphatic heterocycles. The van der Waals surface area contributed by atoms with Gasteiger partial charge in [0.25, 0.3) is 0 Å². The number of anilines is 1. The molecule has 84 valence electrons. The van der Waals surface area contributed by atoms with E-state index in [-0.39, 0.29) is 6.04 Å². The van der Waals surface area contributed by atoms with Gasteiger partial charge < -0.3 is 14.9 Å². The molecule has 2 fully saturated rings. The van der Waals surface area contributed by atoms with Crippen LogP contribution >= 0.6 is 0 Å². The van der Waals surface area contributed by atoms with Crippen LogP contribution in [0.3, 0.4) is 0 Å². The second kappa shape index (κ2) is 3.37. The van der Waals surface area contributed by atoms with Gasteiger partial charge >= 0.3 is 6.09 Å². The number of hydrogen-bond donors (Lipinski definition) is 1. The van der Waals surface area contributed by atoms with Crippen LogP contribution in [-0.4, -0.2) is 46.8 Å². The summed E-state index contributed by atoms with van der Waals surface area (Å²) in [6, 6.07) is 4.10. The zero-order valence-electron chi connectivity index (χ0n) is 8.78. The van der Waals surface area contributed by atoms with Gasteiger partial charge in [0.2, 0.25) is 0 Å². The second-order valence-corrected chi connectivity index (χ2v) is 4.38. The summed E-state index contributed by atoms with van der Waals surface area (Å²) >= 11 is 0. The van der Waals surface area contributed by atoms with Gasteiger partial charge in [-0.25, -0.2) is 4.79 Å². The Bertz CT molecular complexity index is 409. The van der Waals surface area contributed by atoms with E-state index in [1.54, 1.807) is 6.20 Å². The molecule has 5 heteroatoms. The van der Waals surface area contributed by atoms with Crippen molar-refractivity contribution in [3.8, 4) is 0 Å². The highest BCUT2D eigenvalue weighted by Gasteiger charge is 2.47. The largest absolute Gasteiger partial charge is 0.465 e. The van der Waals surface area contributed by atoms with Gasteiger partial charge in [-0.15, -0.1) is 0 Å². The predicted octanol–water partition coefficient (Wildman–Crippen LogP) is 0.880. The Morgan fingerprint density at radius 2 is 2.31 bits per heavy atom. The Labute approximate surface area is 93.3 Å². The lowest BCUT2D eigenvalue weighted by atomic mass is 9.93. The Hall–Kier alpha value is -1.78. The van der Waals surface area contributed by atoms with E-state index in [4.69, 9.17) is 5.11 Å². The molecular weight excluding hydrogens is 206 g/mol. The van der Waals surface area contributed by atoms with Crippen LogP contribution in [0.1, 0.15) is 0 Å². The second-order valence-electron chi connectivity index (χ2n) is 4.38. The molecule has 0 spiro atoms. The van der Waals surface area contributed by atoms with Crippen molar-refractivity contribution in [3.63, 3.8) is 0 Å². The van der Waals surface area contributed by atoms with Crippen molar-refractivity contribution >= 4 is 11.8 Å². The smallest absolute Gasteiger partial charge is 0.407 e. The molecule has 1 aromatic rings. The number of fused-ring (bicyclic) bond motifs is 1. The van der Waals surface area contributed by atoms with Gasteiger partial charge in [0.15, 0.2) is 0 Å². The SMILES string of the molecule is O=C(O)N1C[C@H]2CN(c3cccnc3)C[C@H]21. The number of hydrogen-bond acceptors (Lipinski definition) is 3. The molecule has 3 heterocycles. The first-order valence-corrected chi connectivity index (χ1v) is 5.40. The lowest BCUT2D eigenvalue weighted by Gasteiger charge is -2.40. The fourth-order valence-corrected chi connectivity index (χ4v) is 2.61. The van der Waals surface area contributed by atoms with Crippen molar-refractivity contribution in [1.29, 1.82) is 0 Å². The van der Waals surface area contributed by atoms with Crippen LogP contribution in [0.4, 0.5) is 10.5 Å². The van der Waals surface area contributed by atoms with Crippen LogP contribution in [0.5, 0.6) is 0 Å². The topological polar surface area (TPSA) is 56.7 Å². The third kappa shape index (κ3) is 1.31. The molecule has 5 nitrogen and oxygen atoms in total. The first kappa shape index (κ1) is 9.45. The van der Waals surface area contributed by atoms with E-state index in [9.17, 15) is 4.79 Å². The fourth-order valence-electron chi connectivity index (χ4n) is 2.61. The van der Waals surface area contributed by atoms with Crippen LogP contribution in [-0.2, 0) is 0 Å². The number of nitrogens with zero attached hydrogens (tertiary/aromatic N) is 3. The normalized spacial score (nSPS) is 27.5. The van der Waals surface area contributed by atoms with E-state index < -0.39 is 6.09 Å². The van der Waals surface area contributed by atoms with Gasteiger partial charge in [0, 0.05) is 31.7 Å². The van der Waals surface area contributed by atoms with Gasteiger partial charge in [-0.3, -0.25) is 4.98 Å². The maximum absolute atomic E-state index is 10.9. The van der Waals surface area contributed by atoms with Gasteiger partial charge in [-0.1, -0.05) is 0 Å². The molecule has 1 aromatic heterocycles. The summed E-state index contributed by atoms with van der Waals surface area (Å²) in [7, 11) is 0. The molecule has 0 radical (unpaired) electrons. The molecule has 16 heavy (non-hydrogen) atoms. The predicted molar refractivity (Wildman–Crippen MR) is 58.5 cm³/mol.